The summed E-state index contributed by atoms with van der Waals surface area (Å²) in [7, 11) is 1.20. The van der Waals surface area contributed by atoms with Crippen molar-refractivity contribution in [3.05, 3.63) is 70.8 Å². The van der Waals surface area contributed by atoms with Gasteiger partial charge in [0.05, 0.1) is 24.1 Å². The van der Waals surface area contributed by atoms with Gasteiger partial charge < -0.3 is 14.8 Å². The predicted molar refractivity (Wildman–Crippen MR) is 126 cm³/mol. The molecule has 1 aromatic carbocycles. The molecule has 0 amide bonds. The lowest BCUT2D eigenvalue weighted by molar-refractivity contribution is -0.416. The van der Waals surface area contributed by atoms with Crippen molar-refractivity contribution in [2.75, 3.05) is 31.6 Å². The average Bonchev–Trinajstić information content (AvgIpc) is 2.86. The molecule has 0 N–H and O–H groups in total. The third-order valence-corrected chi connectivity index (χ3v) is 5.93. The van der Waals surface area contributed by atoms with E-state index in [9.17, 15) is 14.0 Å². The Balaban J connectivity index is 1.32. The van der Waals surface area contributed by atoms with Crippen LogP contribution in [0.2, 0.25) is 0 Å². The second kappa shape index (κ2) is 10.5. The largest absolute Gasteiger partial charge is 0.624 e. The minimum atomic E-state index is -1.08. The van der Waals surface area contributed by atoms with E-state index in [0.29, 0.717) is 23.0 Å². The Morgan fingerprint density at radius 3 is 2.41 bits per heavy atom. The zero-order valence-electron chi connectivity index (χ0n) is 19.2. The van der Waals surface area contributed by atoms with Crippen LogP contribution >= 0.6 is 0 Å². The number of nitrogens with zero attached hydrogens (tertiary/aromatic N) is 5. The highest BCUT2D eigenvalue weighted by atomic mass is 19.2. The molecule has 178 valence electrons. The molecule has 1 aliphatic heterocycles. The van der Waals surface area contributed by atoms with E-state index in [4.69, 9.17) is 4.74 Å². The van der Waals surface area contributed by atoms with Gasteiger partial charge in [0.1, 0.15) is 12.8 Å². The number of pyridine rings is 1. The zero-order chi connectivity index (χ0) is 24.1. The summed E-state index contributed by atoms with van der Waals surface area (Å²) in [5.41, 5.74) is 1.32. The van der Waals surface area contributed by atoms with Crippen LogP contribution < -0.4 is 9.64 Å². The highest BCUT2D eigenvalue weighted by Crippen LogP contribution is 2.26. The van der Waals surface area contributed by atoms with E-state index in [1.54, 1.807) is 12.1 Å². The van der Waals surface area contributed by atoms with Crippen LogP contribution in [0.15, 0.2) is 42.9 Å². The Hall–Kier alpha value is -3.62. The summed E-state index contributed by atoms with van der Waals surface area (Å²) in [6.07, 6.45) is 9.11. The molecule has 0 spiro atoms. The van der Waals surface area contributed by atoms with Crippen LogP contribution in [0.5, 0.6) is 5.75 Å². The molecule has 7 nitrogen and oxygen atoms in total. The third-order valence-electron chi connectivity index (χ3n) is 5.93. The van der Waals surface area contributed by atoms with Crippen molar-refractivity contribution in [2.45, 2.75) is 26.2 Å². The van der Waals surface area contributed by atoms with Crippen molar-refractivity contribution < 1.29 is 18.3 Å². The fourth-order valence-electron chi connectivity index (χ4n) is 3.89. The van der Waals surface area contributed by atoms with Crippen molar-refractivity contribution in [1.82, 2.24) is 15.0 Å². The highest BCUT2D eigenvalue weighted by Gasteiger charge is 2.22. The Bertz CT molecular complexity index is 1140. The average molecular weight is 468 g/mol. The lowest BCUT2D eigenvalue weighted by Crippen LogP contribution is -2.36. The van der Waals surface area contributed by atoms with Gasteiger partial charge in [-0.3, -0.25) is 4.98 Å². The summed E-state index contributed by atoms with van der Waals surface area (Å²) < 4.78 is 35.0. The number of halogens is 2. The van der Waals surface area contributed by atoms with Crippen LogP contribution in [0.4, 0.5) is 14.7 Å². The lowest BCUT2D eigenvalue weighted by atomic mass is 9.98. The van der Waals surface area contributed by atoms with Gasteiger partial charge in [-0.15, -0.1) is 0 Å². The second-order valence-electron chi connectivity index (χ2n) is 8.37. The summed E-state index contributed by atoms with van der Waals surface area (Å²) >= 11 is 0. The summed E-state index contributed by atoms with van der Waals surface area (Å²) in [6, 6.07) is 6.05. The normalized spacial score (nSPS) is 14.9. The SMILES string of the molecule is CCc1cnc(N2CCC(COc3ccc(-c4ccc(/C=[N+](/C)[O-])c(F)c4F)nc3)CC2)nc1. The molecule has 3 heterocycles. The molecule has 9 heteroatoms. The summed E-state index contributed by atoms with van der Waals surface area (Å²) in [5, 5.41) is 11.1. The van der Waals surface area contributed by atoms with E-state index in [-0.39, 0.29) is 16.8 Å². The molecule has 34 heavy (non-hydrogen) atoms. The van der Waals surface area contributed by atoms with Gasteiger partial charge in [-0.05, 0) is 55.0 Å². The number of aryl methyl sites for hydroxylation is 1. The number of piperidine rings is 1. The predicted octanol–water partition coefficient (Wildman–Crippen LogP) is 4.23. The number of aromatic nitrogens is 3. The maximum absolute atomic E-state index is 14.5. The first-order valence-corrected chi connectivity index (χ1v) is 11.3. The van der Waals surface area contributed by atoms with Gasteiger partial charge in [0.2, 0.25) is 5.95 Å². The minimum absolute atomic E-state index is 0.0244. The van der Waals surface area contributed by atoms with Crippen LogP contribution in [0, 0.1) is 22.8 Å². The molecular weight excluding hydrogens is 440 g/mol. The molecule has 0 aliphatic carbocycles. The first-order valence-electron chi connectivity index (χ1n) is 11.3. The van der Waals surface area contributed by atoms with Gasteiger partial charge in [-0.2, -0.15) is 0 Å². The summed E-state index contributed by atoms with van der Waals surface area (Å²) in [4.78, 5) is 15.3. The van der Waals surface area contributed by atoms with Crippen LogP contribution in [-0.4, -0.2) is 52.6 Å². The minimum Gasteiger partial charge on any atom is -0.624 e. The second-order valence-corrected chi connectivity index (χ2v) is 8.37. The fraction of sp³-hybridized carbons (Fsp3) is 0.360. The Kier molecular flexibility index (Phi) is 7.30. The molecule has 0 radical (unpaired) electrons. The molecule has 0 atom stereocenters. The van der Waals surface area contributed by atoms with E-state index >= 15 is 0 Å². The molecule has 1 aliphatic rings. The van der Waals surface area contributed by atoms with Gasteiger partial charge >= 0.3 is 0 Å². The number of anilines is 1. The molecule has 1 saturated heterocycles. The van der Waals surface area contributed by atoms with Crippen LogP contribution in [0.25, 0.3) is 11.3 Å². The number of hydrogen-bond acceptors (Lipinski definition) is 6. The molecule has 0 unspecified atom stereocenters. The molecule has 4 rings (SSSR count). The van der Waals surface area contributed by atoms with E-state index in [1.807, 2.05) is 12.4 Å². The number of hydrogen-bond donors (Lipinski definition) is 0. The quantitative estimate of drug-likeness (QED) is 0.224. The van der Waals surface area contributed by atoms with E-state index in [1.165, 1.54) is 25.4 Å². The van der Waals surface area contributed by atoms with Crippen molar-refractivity contribution in [2.24, 2.45) is 5.92 Å². The molecule has 0 saturated carbocycles. The Labute approximate surface area is 197 Å². The Morgan fingerprint density at radius 1 is 1.06 bits per heavy atom. The van der Waals surface area contributed by atoms with Gasteiger partial charge in [0, 0.05) is 31.0 Å². The number of hydroxylamine groups is 1. The smallest absolute Gasteiger partial charge is 0.225 e. The van der Waals surface area contributed by atoms with Crippen LogP contribution in [0.3, 0.4) is 0 Å². The zero-order valence-corrected chi connectivity index (χ0v) is 19.2. The van der Waals surface area contributed by atoms with E-state index in [2.05, 4.69) is 26.8 Å². The molecule has 1 fully saturated rings. The molecule has 3 aromatic rings. The molecular formula is C25H27F2N5O2. The van der Waals surface area contributed by atoms with E-state index < -0.39 is 11.6 Å². The number of ether oxygens (including phenoxy) is 1. The van der Waals surface area contributed by atoms with Crippen molar-refractivity contribution in [3.63, 3.8) is 0 Å². The Morgan fingerprint density at radius 2 is 1.79 bits per heavy atom. The van der Waals surface area contributed by atoms with E-state index in [0.717, 1.165) is 50.1 Å². The highest BCUT2D eigenvalue weighted by molar-refractivity contribution is 5.78. The third kappa shape index (κ3) is 5.47. The van der Waals surface area contributed by atoms with Crippen molar-refractivity contribution in [3.8, 4) is 17.0 Å². The monoisotopic (exact) mass is 467 g/mol. The number of rotatable bonds is 7. The maximum atomic E-state index is 14.5. The van der Waals surface area contributed by atoms with Gasteiger partial charge in [0.25, 0.3) is 0 Å². The first-order chi connectivity index (χ1) is 16.4. The first kappa shape index (κ1) is 23.5. The fourth-order valence-corrected chi connectivity index (χ4v) is 3.89. The van der Waals surface area contributed by atoms with Crippen molar-refractivity contribution in [1.29, 1.82) is 0 Å². The molecule has 2 aromatic heterocycles. The van der Waals surface area contributed by atoms with Gasteiger partial charge in [0.15, 0.2) is 17.8 Å². The number of benzene rings is 1. The topological polar surface area (TPSA) is 77.2 Å². The van der Waals surface area contributed by atoms with Gasteiger partial charge in [-0.1, -0.05) is 6.92 Å². The summed E-state index contributed by atoms with van der Waals surface area (Å²) in [5.74, 6) is -0.382. The lowest BCUT2D eigenvalue weighted by Gasteiger charge is -2.31. The standard InChI is InChI=1S/C25H27F2N5O2/c1-3-17-12-29-25(30-13-17)32-10-8-18(9-11-32)16-34-20-5-7-22(28-14-20)21-6-4-19(15-31(2)33)23(26)24(21)27/h4-7,12-15,18H,3,8-11,16H2,1-2H3/b31-15-. The van der Waals surface area contributed by atoms with Crippen molar-refractivity contribution >= 4 is 12.2 Å². The maximum Gasteiger partial charge on any atom is 0.225 e. The molecule has 0 bridgehead atoms. The van der Waals surface area contributed by atoms with Crippen LogP contribution in [-0.2, 0) is 6.42 Å². The van der Waals surface area contributed by atoms with Gasteiger partial charge in [-0.25, -0.2) is 23.5 Å². The van der Waals surface area contributed by atoms with Crippen LogP contribution in [0.1, 0.15) is 30.9 Å². The summed E-state index contributed by atoms with van der Waals surface area (Å²) in [6.45, 7) is 4.38.